The van der Waals surface area contributed by atoms with Crippen LogP contribution in [0.4, 0.5) is 5.69 Å². The molecule has 1 N–H and O–H groups in total. The predicted octanol–water partition coefficient (Wildman–Crippen LogP) is 4.19. The van der Waals surface area contributed by atoms with Gasteiger partial charge in [-0.25, -0.2) is 17.7 Å². The summed E-state index contributed by atoms with van der Waals surface area (Å²) in [6, 6.07) is 15.3. The number of aliphatic hydroxyl groups is 1. The third-order valence-electron chi connectivity index (χ3n) is 8.26. The number of hydrogen-bond acceptors (Lipinski definition) is 10. The number of halogens is 1. The first-order valence-corrected chi connectivity index (χ1v) is 16.0. The topological polar surface area (TPSA) is 126 Å². The van der Waals surface area contributed by atoms with Crippen molar-refractivity contribution in [3.8, 4) is 11.5 Å². The maximum atomic E-state index is 15.4. The van der Waals surface area contributed by atoms with Crippen LogP contribution in [0, 0.1) is 0 Å². The van der Waals surface area contributed by atoms with Crippen molar-refractivity contribution >= 4 is 33.2 Å². The lowest BCUT2D eigenvalue weighted by Crippen LogP contribution is -2.55. The summed E-state index contributed by atoms with van der Waals surface area (Å²) in [5.74, 6) is 0.322. The summed E-state index contributed by atoms with van der Waals surface area (Å²) in [4.78, 5) is 23.4. The van der Waals surface area contributed by atoms with E-state index >= 15 is 4.79 Å². The van der Waals surface area contributed by atoms with E-state index in [0.29, 0.717) is 34.2 Å². The number of amides is 1. The van der Waals surface area contributed by atoms with Gasteiger partial charge in [-0.05, 0) is 80.7 Å². The average Bonchev–Trinajstić information content (AvgIpc) is 3.74. The van der Waals surface area contributed by atoms with Crippen LogP contribution in [0.5, 0.6) is 11.5 Å². The van der Waals surface area contributed by atoms with E-state index in [9.17, 15) is 13.5 Å². The largest absolute Gasteiger partial charge is 0.497 e. The molecule has 13 heteroatoms. The van der Waals surface area contributed by atoms with Crippen LogP contribution in [0.3, 0.4) is 0 Å². The van der Waals surface area contributed by atoms with Gasteiger partial charge < -0.3 is 23.9 Å². The molecule has 2 aliphatic rings. The molecule has 0 spiro atoms. The second-order valence-corrected chi connectivity index (χ2v) is 13.5. The summed E-state index contributed by atoms with van der Waals surface area (Å²) in [6.07, 6.45) is 2.23. The van der Waals surface area contributed by atoms with Gasteiger partial charge in [0, 0.05) is 29.2 Å². The van der Waals surface area contributed by atoms with Gasteiger partial charge in [-0.3, -0.25) is 9.69 Å². The molecule has 0 saturated carbocycles. The van der Waals surface area contributed by atoms with Crippen molar-refractivity contribution in [2.75, 3.05) is 39.2 Å². The van der Waals surface area contributed by atoms with Crippen LogP contribution < -0.4 is 13.8 Å². The number of β-amino-alcohol motifs (C(OH)–C–C–N with tert-alkyl or cyclic N) is 1. The van der Waals surface area contributed by atoms with Crippen molar-refractivity contribution in [1.82, 2.24) is 14.8 Å². The molecule has 1 fully saturated rings. The fourth-order valence-corrected chi connectivity index (χ4v) is 8.08. The molecule has 3 heterocycles. The van der Waals surface area contributed by atoms with Gasteiger partial charge in [0.1, 0.15) is 17.8 Å². The number of ether oxygens (including phenoxy) is 2. The molecule has 6 rings (SSSR count). The summed E-state index contributed by atoms with van der Waals surface area (Å²) in [7, 11) is 2.35. The van der Waals surface area contributed by atoms with Gasteiger partial charge in [-0.2, -0.15) is 0 Å². The number of likely N-dealkylation sites (tertiary alicyclic amines) is 1. The number of rotatable bonds is 9. The van der Waals surface area contributed by atoms with Crippen LogP contribution in [-0.2, 0) is 26.9 Å². The molecule has 1 aromatic heterocycles. The molecule has 45 heavy (non-hydrogen) atoms. The quantitative estimate of drug-likeness (QED) is 0.281. The molecular weight excluding hydrogens is 620 g/mol. The van der Waals surface area contributed by atoms with Gasteiger partial charge >= 0.3 is 0 Å². The minimum Gasteiger partial charge on any atom is -0.497 e. The molecule has 1 saturated heterocycles. The molecule has 4 aromatic rings. The Morgan fingerprint density at radius 3 is 2.47 bits per heavy atom. The number of aromatic nitrogens is 1. The number of carbonyl (C=O) groups is 1. The van der Waals surface area contributed by atoms with Gasteiger partial charge in [0.05, 0.1) is 43.1 Å². The number of oxazole rings is 1. The van der Waals surface area contributed by atoms with Crippen LogP contribution in [0.25, 0.3) is 0 Å². The Hall–Kier alpha value is -3.94. The zero-order valence-electron chi connectivity index (χ0n) is 25.2. The van der Waals surface area contributed by atoms with Crippen molar-refractivity contribution < 1.29 is 32.2 Å². The number of methoxy groups -OCH3 is 2. The minimum atomic E-state index is -4.47. The number of carbonyl (C=O) groups excluding carboxylic acids is 1. The zero-order valence-corrected chi connectivity index (χ0v) is 26.7. The molecule has 11 nitrogen and oxygen atoms in total. The van der Waals surface area contributed by atoms with Gasteiger partial charge in [-0.1, -0.05) is 17.7 Å². The first-order chi connectivity index (χ1) is 21.5. The average molecular weight is 653 g/mol. The Morgan fingerprint density at radius 1 is 1.07 bits per heavy atom. The number of nitrogens with zero attached hydrogens (tertiary/aromatic N) is 4. The van der Waals surface area contributed by atoms with Crippen molar-refractivity contribution in [3.05, 3.63) is 101 Å². The highest BCUT2D eigenvalue weighted by Gasteiger charge is 2.63. The van der Waals surface area contributed by atoms with E-state index in [4.69, 9.17) is 25.5 Å². The van der Waals surface area contributed by atoms with Crippen LogP contribution in [-0.4, -0.2) is 75.2 Å². The summed E-state index contributed by atoms with van der Waals surface area (Å²) in [6.45, 7) is 0.533. The summed E-state index contributed by atoms with van der Waals surface area (Å²) in [5, 5.41) is 11.4. The lowest BCUT2D eigenvalue weighted by molar-refractivity contribution is -0.127. The molecule has 2 aliphatic heterocycles. The maximum absolute atomic E-state index is 15.4. The lowest BCUT2D eigenvalue weighted by atomic mass is 9.80. The third-order valence-corrected chi connectivity index (χ3v) is 10.2. The number of sulfonamides is 1. The summed E-state index contributed by atoms with van der Waals surface area (Å²) >= 11 is 6.61. The predicted molar refractivity (Wildman–Crippen MR) is 167 cm³/mol. The van der Waals surface area contributed by atoms with E-state index in [1.807, 2.05) is 31.1 Å². The van der Waals surface area contributed by atoms with E-state index in [-0.39, 0.29) is 29.4 Å². The Balaban J connectivity index is 1.68. The van der Waals surface area contributed by atoms with E-state index in [0.717, 1.165) is 9.87 Å². The first kappa shape index (κ1) is 31.1. The third kappa shape index (κ3) is 5.06. The standard InChI is InChI=1S/C32H33ClN4O7S/c1-35(2)18-20-5-12-29(43-4)26(15-20)32(36-19-22(38)17-28(36)30-34-13-14-44-30)25-16-21(33)6-11-27(25)37(31(32)39)45(40,41)24-9-7-23(42-3)8-10-24/h5-16,22,28,38H,17-19H2,1-4H3/t22-,28+,32?/m1/s1. The van der Waals surface area contributed by atoms with E-state index < -0.39 is 33.6 Å². The molecule has 236 valence electrons. The molecule has 3 atom stereocenters. The van der Waals surface area contributed by atoms with Crippen LogP contribution in [0.15, 0.2) is 82.4 Å². The van der Waals surface area contributed by atoms with Gasteiger partial charge in [0.2, 0.25) is 5.89 Å². The van der Waals surface area contributed by atoms with Crippen LogP contribution >= 0.6 is 11.6 Å². The smallest absolute Gasteiger partial charge is 0.271 e. The highest BCUT2D eigenvalue weighted by molar-refractivity contribution is 7.93. The van der Waals surface area contributed by atoms with Crippen LogP contribution in [0.1, 0.15) is 35.0 Å². The number of anilines is 1. The first-order valence-electron chi connectivity index (χ1n) is 14.2. The normalized spacial score (nSPS) is 21.8. The highest BCUT2D eigenvalue weighted by Crippen LogP contribution is 2.57. The molecule has 0 bridgehead atoms. The number of aliphatic hydroxyl groups excluding tert-OH is 1. The second-order valence-electron chi connectivity index (χ2n) is 11.3. The molecule has 3 aromatic carbocycles. The van der Waals surface area contributed by atoms with E-state index in [1.165, 1.54) is 57.0 Å². The van der Waals surface area contributed by atoms with Gasteiger partial charge in [-0.15, -0.1) is 0 Å². The van der Waals surface area contributed by atoms with Crippen molar-refractivity contribution in [2.45, 2.75) is 35.5 Å². The molecule has 0 aliphatic carbocycles. The SMILES string of the molecule is COc1ccc(S(=O)(=O)N2C(=O)C(c3cc(CN(C)C)ccc3OC)(N3C[C@H](O)C[C@H]3c3ncco3)c3cc(Cl)ccc32)cc1. The van der Waals surface area contributed by atoms with Gasteiger partial charge in [0.15, 0.2) is 5.54 Å². The van der Waals surface area contributed by atoms with Crippen molar-refractivity contribution in [3.63, 3.8) is 0 Å². The van der Waals surface area contributed by atoms with Crippen molar-refractivity contribution in [2.24, 2.45) is 0 Å². The van der Waals surface area contributed by atoms with Crippen molar-refractivity contribution in [1.29, 1.82) is 0 Å². The number of fused-ring (bicyclic) bond motifs is 1. The highest BCUT2D eigenvalue weighted by atomic mass is 35.5. The summed E-state index contributed by atoms with van der Waals surface area (Å²) in [5.41, 5.74) is -0.119. The molecule has 1 amide bonds. The monoisotopic (exact) mass is 652 g/mol. The molecule has 0 radical (unpaired) electrons. The minimum absolute atomic E-state index is 0.00221. The second kappa shape index (κ2) is 11.8. The molecular formula is C32H33ClN4O7S. The lowest BCUT2D eigenvalue weighted by Gasteiger charge is -2.41. The fraction of sp³-hybridized carbons (Fsp3) is 0.312. The fourth-order valence-electron chi connectivity index (χ4n) is 6.45. The molecule has 1 unspecified atom stereocenters. The van der Waals surface area contributed by atoms with Gasteiger partial charge in [0.25, 0.3) is 15.9 Å². The zero-order chi connectivity index (χ0) is 32.1. The Labute approximate surface area is 266 Å². The van der Waals surface area contributed by atoms with E-state index in [1.54, 1.807) is 23.1 Å². The summed E-state index contributed by atoms with van der Waals surface area (Å²) < 4.78 is 46.6. The Morgan fingerprint density at radius 2 is 1.82 bits per heavy atom. The van der Waals surface area contributed by atoms with Crippen LogP contribution in [0.2, 0.25) is 5.02 Å². The number of hydrogen-bond donors (Lipinski definition) is 1. The maximum Gasteiger partial charge on any atom is 0.271 e. The van der Waals surface area contributed by atoms with E-state index in [2.05, 4.69) is 4.98 Å². The number of benzene rings is 3. The Kier molecular flexibility index (Phi) is 8.12. The Bertz CT molecular complexity index is 1830.